The van der Waals surface area contributed by atoms with Crippen LogP contribution in [0.3, 0.4) is 0 Å². The standard InChI is InChI=1S/C24H24ClN3O2/c1-3-12-27-14-20(29)28-13-17(15-8-4-6-10-18(15)25)21-16-9-5-7-11-19(16)26-22(21)24(28,2)23(27)30/h4-11,17,26H,3,12-14H2,1-2H3/t17-,24+/m0/s1. The zero-order valence-corrected chi connectivity index (χ0v) is 17.9. The molecule has 5 rings (SSSR count). The maximum Gasteiger partial charge on any atom is 0.254 e. The van der Waals surface area contributed by atoms with Crippen molar-refractivity contribution < 1.29 is 9.59 Å². The SMILES string of the molecule is CCCN1CC(=O)N2C[C@@H](c3ccccc3Cl)c3c([nH]c4ccccc34)[C@]2(C)C1=O. The first kappa shape index (κ1) is 19.2. The van der Waals surface area contributed by atoms with Crippen LogP contribution in [0.25, 0.3) is 10.9 Å². The molecule has 2 aliphatic rings. The van der Waals surface area contributed by atoms with Gasteiger partial charge in [-0.2, -0.15) is 0 Å². The van der Waals surface area contributed by atoms with Gasteiger partial charge in [-0.15, -0.1) is 0 Å². The fourth-order valence-corrected chi connectivity index (χ4v) is 5.43. The first-order valence-electron chi connectivity index (χ1n) is 10.4. The minimum absolute atomic E-state index is 0.0191. The van der Waals surface area contributed by atoms with Crippen LogP contribution in [0.15, 0.2) is 48.5 Å². The number of amides is 2. The molecule has 2 atom stereocenters. The van der Waals surface area contributed by atoms with E-state index in [1.54, 1.807) is 9.80 Å². The summed E-state index contributed by atoms with van der Waals surface area (Å²) >= 11 is 6.59. The van der Waals surface area contributed by atoms with Gasteiger partial charge in [-0.05, 0) is 36.6 Å². The lowest BCUT2D eigenvalue weighted by Crippen LogP contribution is -2.67. The maximum atomic E-state index is 13.7. The monoisotopic (exact) mass is 421 g/mol. The van der Waals surface area contributed by atoms with Gasteiger partial charge in [0.2, 0.25) is 5.91 Å². The second kappa shape index (κ2) is 6.88. The number of benzene rings is 2. The summed E-state index contributed by atoms with van der Waals surface area (Å²) in [6.07, 6.45) is 0.816. The molecule has 0 bridgehead atoms. The van der Waals surface area contributed by atoms with Crippen LogP contribution in [-0.4, -0.2) is 46.2 Å². The van der Waals surface area contributed by atoms with Gasteiger partial charge in [0.25, 0.3) is 5.91 Å². The molecule has 1 saturated heterocycles. The van der Waals surface area contributed by atoms with E-state index in [9.17, 15) is 9.59 Å². The predicted molar refractivity (Wildman–Crippen MR) is 118 cm³/mol. The van der Waals surface area contributed by atoms with Gasteiger partial charge < -0.3 is 14.8 Å². The Morgan fingerprint density at radius 2 is 1.87 bits per heavy atom. The molecule has 1 N–H and O–H groups in total. The highest BCUT2D eigenvalue weighted by Crippen LogP contribution is 2.48. The van der Waals surface area contributed by atoms with Crippen LogP contribution < -0.4 is 0 Å². The molecule has 30 heavy (non-hydrogen) atoms. The van der Waals surface area contributed by atoms with Gasteiger partial charge in [0.1, 0.15) is 0 Å². The average Bonchev–Trinajstić information content (AvgIpc) is 3.14. The Kier molecular flexibility index (Phi) is 4.40. The van der Waals surface area contributed by atoms with E-state index in [2.05, 4.69) is 11.1 Å². The molecule has 0 saturated carbocycles. The van der Waals surface area contributed by atoms with Crippen molar-refractivity contribution in [2.45, 2.75) is 31.7 Å². The number of piperazine rings is 1. The van der Waals surface area contributed by atoms with Crippen LogP contribution in [-0.2, 0) is 15.1 Å². The second-order valence-electron chi connectivity index (χ2n) is 8.34. The lowest BCUT2D eigenvalue weighted by molar-refractivity contribution is -0.166. The fraction of sp³-hybridized carbons (Fsp3) is 0.333. The number of H-pyrrole nitrogens is 1. The minimum atomic E-state index is -1.05. The third-order valence-corrected chi connectivity index (χ3v) is 6.94. The molecule has 1 fully saturated rings. The molecule has 3 heterocycles. The van der Waals surface area contributed by atoms with Gasteiger partial charge >= 0.3 is 0 Å². The zero-order valence-electron chi connectivity index (χ0n) is 17.1. The third-order valence-electron chi connectivity index (χ3n) is 6.59. The van der Waals surface area contributed by atoms with Crippen molar-refractivity contribution in [2.24, 2.45) is 0 Å². The number of aromatic amines is 1. The number of carbonyl (C=O) groups is 2. The van der Waals surface area contributed by atoms with Crippen molar-refractivity contribution in [3.05, 3.63) is 70.4 Å². The van der Waals surface area contributed by atoms with Crippen LogP contribution in [0.5, 0.6) is 0 Å². The molecule has 2 aromatic carbocycles. The zero-order chi connectivity index (χ0) is 21.0. The highest BCUT2D eigenvalue weighted by molar-refractivity contribution is 6.31. The Labute approximate surface area is 180 Å². The first-order chi connectivity index (χ1) is 14.5. The summed E-state index contributed by atoms with van der Waals surface area (Å²) in [6, 6.07) is 15.9. The van der Waals surface area contributed by atoms with Gasteiger partial charge in [-0.3, -0.25) is 9.59 Å². The summed E-state index contributed by atoms with van der Waals surface area (Å²) in [7, 11) is 0. The van der Waals surface area contributed by atoms with Crippen LogP contribution in [0.2, 0.25) is 5.02 Å². The molecule has 3 aromatic rings. The van der Waals surface area contributed by atoms with Crippen molar-refractivity contribution in [3.8, 4) is 0 Å². The lowest BCUT2D eigenvalue weighted by atomic mass is 9.76. The highest BCUT2D eigenvalue weighted by atomic mass is 35.5. The largest absolute Gasteiger partial charge is 0.356 e. The molecule has 1 aromatic heterocycles. The summed E-state index contributed by atoms with van der Waals surface area (Å²) in [4.78, 5) is 33.8. The van der Waals surface area contributed by atoms with E-state index in [-0.39, 0.29) is 24.3 Å². The molecule has 0 radical (unpaired) electrons. The van der Waals surface area contributed by atoms with E-state index in [1.165, 1.54) is 0 Å². The summed E-state index contributed by atoms with van der Waals surface area (Å²) in [5.41, 5.74) is 2.77. The van der Waals surface area contributed by atoms with Crippen molar-refractivity contribution in [1.82, 2.24) is 14.8 Å². The second-order valence-corrected chi connectivity index (χ2v) is 8.74. The molecule has 0 spiro atoms. The van der Waals surface area contributed by atoms with E-state index in [4.69, 9.17) is 11.6 Å². The number of fused-ring (bicyclic) bond motifs is 5. The average molecular weight is 422 g/mol. The number of hydrogen-bond acceptors (Lipinski definition) is 2. The number of nitrogens with zero attached hydrogens (tertiary/aromatic N) is 2. The Bertz CT molecular complexity index is 1170. The Morgan fingerprint density at radius 3 is 2.63 bits per heavy atom. The molecule has 5 nitrogen and oxygen atoms in total. The smallest absolute Gasteiger partial charge is 0.254 e. The van der Waals surface area contributed by atoms with Gasteiger partial charge in [-0.25, -0.2) is 0 Å². The molecule has 6 heteroatoms. The van der Waals surface area contributed by atoms with Crippen LogP contribution in [0.4, 0.5) is 0 Å². The van der Waals surface area contributed by atoms with Crippen molar-refractivity contribution in [2.75, 3.05) is 19.6 Å². The summed E-state index contributed by atoms with van der Waals surface area (Å²) < 4.78 is 0. The van der Waals surface area contributed by atoms with E-state index in [1.807, 2.05) is 56.3 Å². The van der Waals surface area contributed by atoms with Crippen molar-refractivity contribution in [1.29, 1.82) is 0 Å². The quantitative estimate of drug-likeness (QED) is 0.686. The lowest BCUT2D eigenvalue weighted by Gasteiger charge is -2.51. The highest BCUT2D eigenvalue weighted by Gasteiger charge is 2.56. The van der Waals surface area contributed by atoms with E-state index >= 15 is 0 Å². The van der Waals surface area contributed by atoms with E-state index < -0.39 is 5.54 Å². The summed E-state index contributed by atoms with van der Waals surface area (Å²) in [6.45, 7) is 5.05. The summed E-state index contributed by atoms with van der Waals surface area (Å²) in [5.74, 6) is -0.145. The number of aromatic nitrogens is 1. The number of carbonyl (C=O) groups excluding carboxylic acids is 2. The summed E-state index contributed by atoms with van der Waals surface area (Å²) in [5, 5.41) is 1.75. The van der Waals surface area contributed by atoms with Crippen LogP contribution in [0, 0.1) is 0 Å². The number of para-hydroxylation sites is 1. The van der Waals surface area contributed by atoms with Crippen LogP contribution >= 0.6 is 11.6 Å². The molecule has 2 aliphatic heterocycles. The molecular formula is C24H24ClN3O2. The van der Waals surface area contributed by atoms with Gasteiger partial charge in [0.05, 0.1) is 12.2 Å². The van der Waals surface area contributed by atoms with Gasteiger partial charge in [-0.1, -0.05) is 54.9 Å². The topological polar surface area (TPSA) is 56.4 Å². The van der Waals surface area contributed by atoms with Gasteiger partial charge in [0, 0.05) is 34.9 Å². The maximum absolute atomic E-state index is 13.7. The van der Waals surface area contributed by atoms with E-state index in [0.717, 1.165) is 34.1 Å². The predicted octanol–water partition coefficient (Wildman–Crippen LogP) is 4.26. The number of hydrogen-bond donors (Lipinski definition) is 1. The molecule has 0 aliphatic carbocycles. The van der Waals surface area contributed by atoms with Gasteiger partial charge in [0.15, 0.2) is 5.54 Å². The number of rotatable bonds is 3. The minimum Gasteiger partial charge on any atom is -0.356 e. The molecule has 0 unspecified atom stereocenters. The Balaban J connectivity index is 1.78. The number of halogens is 1. The fourth-order valence-electron chi connectivity index (χ4n) is 5.16. The molecular weight excluding hydrogens is 398 g/mol. The number of nitrogens with one attached hydrogen (secondary N) is 1. The van der Waals surface area contributed by atoms with Crippen LogP contribution in [0.1, 0.15) is 43.0 Å². The first-order valence-corrected chi connectivity index (χ1v) is 10.8. The molecule has 154 valence electrons. The third kappa shape index (κ3) is 2.54. The normalized spacial score (nSPS) is 23.6. The molecule has 2 amide bonds. The van der Waals surface area contributed by atoms with E-state index in [0.29, 0.717) is 18.1 Å². The van der Waals surface area contributed by atoms with Crippen molar-refractivity contribution >= 4 is 34.3 Å². The Hall–Kier alpha value is -2.79. The van der Waals surface area contributed by atoms with Crippen molar-refractivity contribution in [3.63, 3.8) is 0 Å². The Morgan fingerprint density at radius 1 is 1.13 bits per heavy atom.